The van der Waals surface area contributed by atoms with Crippen LogP contribution in [0.2, 0.25) is 4.34 Å². The van der Waals surface area contributed by atoms with E-state index in [2.05, 4.69) is 5.32 Å². The molecule has 0 bridgehead atoms. The highest BCUT2D eigenvalue weighted by Crippen LogP contribution is 2.21. The van der Waals surface area contributed by atoms with Crippen molar-refractivity contribution >= 4 is 40.7 Å². The summed E-state index contributed by atoms with van der Waals surface area (Å²) in [5.41, 5.74) is 0. The summed E-state index contributed by atoms with van der Waals surface area (Å²) in [4.78, 5) is 35.7. The number of carbonyl (C=O) groups is 3. The van der Waals surface area contributed by atoms with Gasteiger partial charge in [0, 0.05) is 14.1 Å². The van der Waals surface area contributed by atoms with Crippen LogP contribution < -0.4 is 5.32 Å². The number of nitrogens with zero attached hydrogens (tertiary/aromatic N) is 1. The maximum Gasteiger partial charge on any atom is 0.348 e. The third-order valence-electron chi connectivity index (χ3n) is 2.19. The molecule has 0 aromatic carbocycles. The first-order chi connectivity index (χ1) is 8.93. The van der Waals surface area contributed by atoms with E-state index in [1.165, 1.54) is 25.1 Å². The van der Waals surface area contributed by atoms with Gasteiger partial charge in [-0.05, 0) is 12.1 Å². The van der Waals surface area contributed by atoms with E-state index < -0.39 is 18.5 Å². The van der Waals surface area contributed by atoms with Crippen molar-refractivity contribution in [1.29, 1.82) is 0 Å². The number of thiophene rings is 1. The molecule has 1 N–H and O–H groups in total. The van der Waals surface area contributed by atoms with Crippen molar-refractivity contribution in [2.24, 2.45) is 0 Å². The standard InChI is InChI=1S/C11H13ClN2O4S/c1-13-9(15)5-14(2)10(16)6-18-11(17)7-3-4-8(12)19-7/h3-4H,5-6H2,1-2H3,(H,13,15). The molecule has 104 valence electrons. The Balaban J connectivity index is 2.41. The third kappa shape index (κ3) is 4.88. The van der Waals surface area contributed by atoms with E-state index >= 15 is 0 Å². The number of esters is 1. The normalized spacial score (nSPS) is 9.84. The Labute approximate surface area is 119 Å². The highest BCUT2D eigenvalue weighted by Gasteiger charge is 2.16. The Hall–Kier alpha value is -1.60. The van der Waals surface area contributed by atoms with E-state index in [9.17, 15) is 14.4 Å². The molecule has 0 saturated heterocycles. The molecule has 1 rings (SSSR count). The van der Waals surface area contributed by atoms with Crippen molar-refractivity contribution in [3.63, 3.8) is 0 Å². The highest BCUT2D eigenvalue weighted by molar-refractivity contribution is 7.17. The van der Waals surface area contributed by atoms with Gasteiger partial charge in [0.25, 0.3) is 5.91 Å². The molecule has 0 atom stereocenters. The van der Waals surface area contributed by atoms with Crippen LogP contribution in [0.15, 0.2) is 12.1 Å². The SMILES string of the molecule is CNC(=O)CN(C)C(=O)COC(=O)c1ccc(Cl)s1. The van der Waals surface area contributed by atoms with Crippen molar-refractivity contribution in [1.82, 2.24) is 10.2 Å². The Kier molecular flexibility index (Phi) is 5.78. The largest absolute Gasteiger partial charge is 0.451 e. The zero-order chi connectivity index (χ0) is 14.4. The molecule has 6 nitrogen and oxygen atoms in total. The first-order valence-electron chi connectivity index (χ1n) is 5.31. The van der Waals surface area contributed by atoms with Crippen LogP contribution in [0.5, 0.6) is 0 Å². The Morgan fingerprint density at radius 3 is 2.63 bits per heavy atom. The van der Waals surface area contributed by atoms with Crippen molar-refractivity contribution < 1.29 is 19.1 Å². The Bertz CT molecular complexity index is 489. The third-order valence-corrected chi connectivity index (χ3v) is 3.40. The first-order valence-corrected chi connectivity index (χ1v) is 6.50. The van der Waals surface area contributed by atoms with Gasteiger partial charge in [-0.15, -0.1) is 11.3 Å². The van der Waals surface area contributed by atoms with Crippen LogP contribution in [0.25, 0.3) is 0 Å². The number of hydrogen-bond donors (Lipinski definition) is 1. The van der Waals surface area contributed by atoms with Crippen LogP contribution in [-0.2, 0) is 14.3 Å². The number of ether oxygens (including phenoxy) is 1. The second-order valence-electron chi connectivity index (χ2n) is 3.60. The monoisotopic (exact) mass is 304 g/mol. The first kappa shape index (κ1) is 15.5. The molecule has 2 amide bonds. The number of amides is 2. The smallest absolute Gasteiger partial charge is 0.348 e. The lowest BCUT2D eigenvalue weighted by atomic mass is 10.4. The van der Waals surface area contributed by atoms with Crippen LogP contribution in [0, 0.1) is 0 Å². The van der Waals surface area contributed by atoms with Crippen LogP contribution in [0.1, 0.15) is 9.67 Å². The minimum absolute atomic E-state index is 0.0856. The average Bonchev–Trinajstić information content (AvgIpc) is 2.81. The van der Waals surface area contributed by atoms with E-state index in [4.69, 9.17) is 16.3 Å². The summed E-state index contributed by atoms with van der Waals surface area (Å²) in [5, 5.41) is 2.39. The van der Waals surface area contributed by atoms with Gasteiger partial charge in [-0.3, -0.25) is 9.59 Å². The molecule has 0 aliphatic heterocycles. The Morgan fingerprint density at radius 1 is 1.42 bits per heavy atom. The summed E-state index contributed by atoms with van der Waals surface area (Å²) >= 11 is 6.75. The fraction of sp³-hybridized carbons (Fsp3) is 0.364. The van der Waals surface area contributed by atoms with Crippen LogP contribution in [0.4, 0.5) is 0 Å². The van der Waals surface area contributed by atoms with Gasteiger partial charge in [-0.25, -0.2) is 4.79 Å². The predicted molar refractivity (Wildman–Crippen MR) is 71.3 cm³/mol. The minimum Gasteiger partial charge on any atom is -0.451 e. The van der Waals surface area contributed by atoms with E-state index in [1.807, 2.05) is 0 Å². The average molecular weight is 305 g/mol. The molecule has 1 aromatic rings. The maximum atomic E-state index is 11.6. The van der Waals surface area contributed by atoms with Crippen molar-refractivity contribution in [2.75, 3.05) is 27.2 Å². The second kappa shape index (κ2) is 7.10. The molecule has 0 aliphatic rings. The molecule has 0 radical (unpaired) electrons. The lowest BCUT2D eigenvalue weighted by molar-refractivity contribution is -0.137. The molecule has 0 unspecified atom stereocenters. The fourth-order valence-electron chi connectivity index (χ4n) is 1.12. The quantitative estimate of drug-likeness (QED) is 0.815. The number of halogens is 1. The van der Waals surface area contributed by atoms with E-state index in [0.29, 0.717) is 9.21 Å². The summed E-state index contributed by atoms with van der Waals surface area (Å²) in [6.45, 7) is -0.500. The summed E-state index contributed by atoms with van der Waals surface area (Å²) in [7, 11) is 2.93. The molecular weight excluding hydrogens is 292 g/mol. The van der Waals surface area contributed by atoms with E-state index in [-0.39, 0.29) is 12.5 Å². The van der Waals surface area contributed by atoms with Gasteiger partial charge in [-0.2, -0.15) is 0 Å². The van der Waals surface area contributed by atoms with Crippen molar-refractivity contribution in [2.45, 2.75) is 0 Å². The lowest BCUT2D eigenvalue weighted by Crippen LogP contribution is -2.39. The van der Waals surface area contributed by atoms with Gasteiger partial charge >= 0.3 is 5.97 Å². The summed E-state index contributed by atoms with van der Waals surface area (Å²) in [5.74, 6) is -1.37. The summed E-state index contributed by atoms with van der Waals surface area (Å²) in [6.07, 6.45) is 0. The molecule has 0 saturated carbocycles. The Morgan fingerprint density at radius 2 is 2.11 bits per heavy atom. The van der Waals surface area contributed by atoms with Crippen LogP contribution in [-0.4, -0.2) is 49.9 Å². The predicted octanol–water partition coefficient (Wildman–Crippen LogP) is 0.763. The van der Waals surface area contributed by atoms with E-state index in [0.717, 1.165) is 11.3 Å². The molecule has 0 spiro atoms. The van der Waals surface area contributed by atoms with Gasteiger partial charge < -0.3 is 15.0 Å². The summed E-state index contributed by atoms with van der Waals surface area (Å²) < 4.78 is 5.30. The van der Waals surface area contributed by atoms with E-state index in [1.54, 1.807) is 6.07 Å². The summed E-state index contributed by atoms with van der Waals surface area (Å²) in [6, 6.07) is 3.09. The molecule has 8 heteroatoms. The molecule has 1 aromatic heterocycles. The zero-order valence-electron chi connectivity index (χ0n) is 10.4. The molecule has 0 aliphatic carbocycles. The number of carbonyl (C=O) groups excluding carboxylic acids is 3. The number of likely N-dealkylation sites (N-methyl/N-ethyl adjacent to an activating group) is 2. The number of hydrogen-bond acceptors (Lipinski definition) is 5. The highest BCUT2D eigenvalue weighted by atomic mass is 35.5. The number of nitrogens with one attached hydrogen (secondary N) is 1. The maximum absolute atomic E-state index is 11.6. The minimum atomic E-state index is -0.612. The molecule has 1 heterocycles. The second-order valence-corrected chi connectivity index (χ2v) is 5.32. The topological polar surface area (TPSA) is 75.7 Å². The van der Waals surface area contributed by atoms with Crippen molar-refractivity contribution in [3.05, 3.63) is 21.3 Å². The van der Waals surface area contributed by atoms with Gasteiger partial charge in [0.05, 0.1) is 10.9 Å². The van der Waals surface area contributed by atoms with Crippen molar-refractivity contribution in [3.8, 4) is 0 Å². The molecular formula is C11H13ClN2O4S. The zero-order valence-corrected chi connectivity index (χ0v) is 12.0. The van der Waals surface area contributed by atoms with Crippen LogP contribution >= 0.6 is 22.9 Å². The fourth-order valence-corrected chi connectivity index (χ4v) is 2.05. The van der Waals surface area contributed by atoms with Crippen LogP contribution in [0.3, 0.4) is 0 Å². The number of rotatable bonds is 5. The van der Waals surface area contributed by atoms with Gasteiger partial charge in [0.2, 0.25) is 5.91 Å². The van der Waals surface area contributed by atoms with Gasteiger partial charge in [0.15, 0.2) is 6.61 Å². The van der Waals surface area contributed by atoms with Gasteiger partial charge in [0.1, 0.15) is 4.88 Å². The lowest BCUT2D eigenvalue weighted by Gasteiger charge is -2.15. The van der Waals surface area contributed by atoms with Gasteiger partial charge in [-0.1, -0.05) is 11.6 Å². The molecule has 0 fully saturated rings. The molecule has 19 heavy (non-hydrogen) atoms.